The highest BCUT2D eigenvalue weighted by Crippen LogP contribution is 2.33. The van der Waals surface area contributed by atoms with E-state index in [1.54, 1.807) is 23.0 Å². The fraction of sp³-hybridized carbons (Fsp3) is 0.421. The third-order valence-electron chi connectivity index (χ3n) is 4.14. The second-order valence-corrected chi connectivity index (χ2v) is 7.59. The molecule has 0 saturated carbocycles. The minimum Gasteiger partial charge on any atom is -0.497 e. The molecule has 1 heterocycles. The van der Waals surface area contributed by atoms with Crippen LogP contribution in [0.4, 0.5) is 0 Å². The topological polar surface area (TPSA) is 70.1 Å². The summed E-state index contributed by atoms with van der Waals surface area (Å²) in [7, 11) is 1.60. The SMILES string of the molecule is CCN(CCO)C(=O)CCCN1C(=O)/C(=C/c2cccc(OC)c2)SC1=S. The average Bonchev–Trinajstić information content (AvgIpc) is 2.93. The lowest BCUT2D eigenvalue weighted by molar-refractivity contribution is -0.132. The highest BCUT2D eigenvalue weighted by molar-refractivity contribution is 8.26. The molecule has 1 fully saturated rings. The summed E-state index contributed by atoms with van der Waals surface area (Å²) >= 11 is 6.60. The Kier molecular flexibility index (Phi) is 8.27. The monoisotopic (exact) mass is 408 g/mol. The summed E-state index contributed by atoms with van der Waals surface area (Å²) in [6.45, 7) is 3.12. The van der Waals surface area contributed by atoms with Crippen LogP contribution in [-0.4, -0.2) is 64.4 Å². The summed E-state index contributed by atoms with van der Waals surface area (Å²) in [6.07, 6.45) is 2.65. The smallest absolute Gasteiger partial charge is 0.266 e. The predicted molar refractivity (Wildman–Crippen MR) is 111 cm³/mol. The number of hydrogen-bond donors (Lipinski definition) is 1. The maximum Gasteiger partial charge on any atom is 0.266 e. The van der Waals surface area contributed by atoms with Crippen LogP contribution in [0.15, 0.2) is 29.2 Å². The number of nitrogens with zero attached hydrogens (tertiary/aromatic N) is 2. The Balaban J connectivity index is 1.95. The minimum atomic E-state index is -0.136. The fourth-order valence-corrected chi connectivity index (χ4v) is 4.01. The zero-order valence-electron chi connectivity index (χ0n) is 15.5. The minimum absolute atomic E-state index is 0.0242. The van der Waals surface area contributed by atoms with Gasteiger partial charge in [0.1, 0.15) is 10.1 Å². The Morgan fingerprint density at radius 1 is 1.44 bits per heavy atom. The number of aliphatic hydroxyl groups excluding tert-OH is 1. The number of aliphatic hydroxyl groups is 1. The first kappa shape index (κ1) is 21.4. The van der Waals surface area contributed by atoms with Gasteiger partial charge in [-0.3, -0.25) is 14.5 Å². The van der Waals surface area contributed by atoms with Crippen LogP contribution in [0.2, 0.25) is 0 Å². The summed E-state index contributed by atoms with van der Waals surface area (Å²) in [5, 5.41) is 8.99. The van der Waals surface area contributed by atoms with E-state index in [1.165, 1.54) is 11.8 Å². The molecule has 0 radical (unpaired) electrons. The molecular formula is C19H24N2O4S2. The molecule has 146 valence electrons. The molecule has 1 saturated heterocycles. The van der Waals surface area contributed by atoms with E-state index in [2.05, 4.69) is 0 Å². The van der Waals surface area contributed by atoms with Gasteiger partial charge in [-0.2, -0.15) is 0 Å². The van der Waals surface area contributed by atoms with Gasteiger partial charge in [0.2, 0.25) is 5.91 Å². The normalized spacial score (nSPS) is 15.5. The van der Waals surface area contributed by atoms with Crippen LogP contribution < -0.4 is 4.74 Å². The number of thiocarbonyl (C=S) groups is 1. The van der Waals surface area contributed by atoms with Gasteiger partial charge >= 0.3 is 0 Å². The molecule has 0 atom stereocenters. The summed E-state index contributed by atoms with van der Waals surface area (Å²) in [6, 6.07) is 7.46. The first-order chi connectivity index (χ1) is 13.0. The number of likely N-dealkylation sites (N-methyl/N-ethyl adjacent to an activating group) is 1. The highest BCUT2D eigenvalue weighted by Gasteiger charge is 2.31. The van der Waals surface area contributed by atoms with Crippen molar-refractivity contribution in [3.8, 4) is 5.75 Å². The van der Waals surface area contributed by atoms with Gasteiger partial charge in [-0.25, -0.2) is 0 Å². The molecule has 0 unspecified atom stereocenters. The maximum absolute atomic E-state index is 12.6. The van der Waals surface area contributed by atoms with Crippen molar-refractivity contribution in [2.75, 3.05) is 33.4 Å². The number of hydrogen-bond acceptors (Lipinski definition) is 6. The zero-order valence-corrected chi connectivity index (χ0v) is 17.1. The third kappa shape index (κ3) is 5.79. The van der Waals surface area contributed by atoms with Crippen molar-refractivity contribution < 1.29 is 19.4 Å². The summed E-state index contributed by atoms with van der Waals surface area (Å²) in [5.41, 5.74) is 0.868. The molecule has 1 N–H and O–H groups in total. The Morgan fingerprint density at radius 2 is 2.22 bits per heavy atom. The van der Waals surface area contributed by atoms with Gasteiger partial charge in [0.15, 0.2) is 0 Å². The maximum atomic E-state index is 12.6. The standard InChI is InChI=1S/C19H24N2O4S2/c1-3-20(10-11-22)17(23)8-5-9-21-18(24)16(27-19(21)26)13-14-6-4-7-15(12-14)25-2/h4,6-7,12-13,22H,3,5,8-11H2,1-2H3/b16-13-. The van der Waals surface area contributed by atoms with E-state index < -0.39 is 0 Å². The lowest BCUT2D eigenvalue weighted by Gasteiger charge is -2.20. The number of rotatable bonds is 9. The number of benzene rings is 1. The van der Waals surface area contributed by atoms with E-state index in [-0.39, 0.29) is 18.4 Å². The number of carbonyl (C=O) groups is 2. The Labute approximate surface area is 169 Å². The quantitative estimate of drug-likeness (QED) is 0.500. The number of amides is 2. The fourth-order valence-electron chi connectivity index (χ4n) is 2.70. The molecule has 1 aromatic carbocycles. The molecule has 1 aliphatic heterocycles. The second kappa shape index (κ2) is 10.4. The van der Waals surface area contributed by atoms with Gasteiger partial charge in [0.05, 0.1) is 18.6 Å². The number of methoxy groups -OCH3 is 1. The van der Waals surface area contributed by atoms with E-state index >= 15 is 0 Å². The molecule has 8 heteroatoms. The van der Waals surface area contributed by atoms with Gasteiger partial charge in [-0.1, -0.05) is 36.1 Å². The molecule has 27 heavy (non-hydrogen) atoms. The van der Waals surface area contributed by atoms with Crippen LogP contribution in [0.3, 0.4) is 0 Å². The van der Waals surface area contributed by atoms with E-state index in [1.807, 2.05) is 31.2 Å². The van der Waals surface area contributed by atoms with Gasteiger partial charge in [-0.15, -0.1) is 0 Å². The zero-order chi connectivity index (χ0) is 19.8. The van der Waals surface area contributed by atoms with Crippen LogP contribution in [0, 0.1) is 0 Å². The Bertz CT molecular complexity index is 736. The van der Waals surface area contributed by atoms with Gasteiger partial charge in [0, 0.05) is 26.1 Å². The molecule has 1 aromatic rings. The number of ether oxygens (including phenoxy) is 1. The van der Waals surface area contributed by atoms with E-state index in [0.717, 1.165) is 11.3 Å². The van der Waals surface area contributed by atoms with Crippen molar-refractivity contribution in [1.29, 1.82) is 0 Å². The first-order valence-electron chi connectivity index (χ1n) is 8.78. The van der Waals surface area contributed by atoms with E-state index in [9.17, 15) is 9.59 Å². The summed E-state index contributed by atoms with van der Waals surface area (Å²) in [4.78, 5) is 28.5. The molecule has 1 aliphatic rings. The number of carbonyl (C=O) groups excluding carboxylic acids is 2. The predicted octanol–water partition coefficient (Wildman–Crippen LogP) is 2.52. The van der Waals surface area contributed by atoms with Gasteiger partial charge in [0.25, 0.3) is 5.91 Å². The average molecular weight is 409 g/mol. The molecule has 2 amide bonds. The lowest BCUT2D eigenvalue weighted by atomic mass is 10.2. The summed E-state index contributed by atoms with van der Waals surface area (Å²) in [5.74, 6) is 0.563. The summed E-state index contributed by atoms with van der Waals surface area (Å²) < 4.78 is 5.70. The van der Waals surface area contributed by atoms with E-state index in [4.69, 9.17) is 22.1 Å². The Hall–Kier alpha value is -1.90. The van der Waals surface area contributed by atoms with Crippen LogP contribution in [0.1, 0.15) is 25.3 Å². The third-order valence-corrected chi connectivity index (χ3v) is 5.52. The molecule has 0 aliphatic carbocycles. The van der Waals surface area contributed by atoms with Gasteiger partial charge < -0.3 is 14.7 Å². The van der Waals surface area contributed by atoms with Crippen molar-refractivity contribution >= 4 is 46.2 Å². The van der Waals surface area contributed by atoms with Crippen molar-refractivity contribution in [3.05, 3.63) is 34.7 Å². The van der Waals surface area contributed by atoms with Crippen molar-refractivity contribution in [2.24, 2.45) is 0 Å². The molecule has 0 spiro atoms. The van der Waals surface area contributed by atoms with Crippen molar-refractivity contribution in [1.82, 2.24) is 9.80 Å². The van der Waals surface area contributed by atoms with Crippen LogP contribution in [0.25, 0.3) is 6.08 Å². The molecule has 0 bridgehead atoms. The Morgan fingerprint density at radius 3 is 2.89 bits per heavy atom. The van der Waals surface area contributed by atoms with Gasteiger partial charge in [-0.05, 0) is 37.1 Å². The highest BCUT2D eigenvalue weighted by atomic mass is 32.2. The molecular weight excluding hydrogens is 384 g/mol. The molecule has 2 rings (SSSR count). The van der Waals surface area contributed by atoms with Crippen molar-refractivity contribution in [2.45, 2.75) is 19.8 Å². The van der Waals surface area contributed by atoms with Crippen LogP contribution in [-0.2, 0) is 9.59 Å². The number of thioether (sulfide) groups is 1. The van der Waals surface area contributed by atoms with Crippen molar-refractivity contribution in [3.63, 3.8) is 0 Å². The van der Waals surface area contributed by atoms with Crippen LogP contribution in [0.5, 0.6) is 5.75 Å². The van der Waals surface area contributed by atoms with Crippen LogP contribution >= 0.6 is 24.0 Å². The molecule has 0 aromatic heterocycles. The molecule has 6 nitrogen and oxygen atoms in total. The second-order valence-electron chi connectivity index (χ2n) is 5.91. The largest absolute Gasteiger partial charge is 0.497 e. The lowest BCUT2D eigenvalue weighted by Crippen LogP contribution is -2.34. The van der Waals surface area contributed by atoms with E-state index in [0.29, 0.717) is 41.7 Å². The first-order valence-corrected chi connectivity index (χ1v) is 10.0.